The number of piperidine rings is 1. The number of nitrogens with zero attached hydrogens (tertiary/aromatic N) is 4. The van der Waals surface area contributed by atoms with E-state index in [2.05, 4.69) is 21.8 Å². The van der Waals surface area contributed by atoms with E-state index in [1.807, 2.05) is 43.4 Å². The minimum atomic E-state index is 0.0609. The zero-order valence-electron chi connectivity index (χ0n) is 15.5. The molecule has 0 spiro atoms. The van der Waals surface area contributed by atoms with Crippen LogP contribution in [0.2, 0.25) is 0 Å². The second-order valence-electron chi connectivity index (χ2n) is 6.54. The fourth-order valence-corrected chi connectivity index (χ4v) is 4.10. The number of rotatable bonds is 6. The number of para-hydroxylation sites is 1. The monoisotopic (exact) mass is 370 g/mol. The van der Waals surface area contributed by atoms with Gasteiger partial charge in [-0.15, -0.1) is 0 Å². The number of carbonyl (C=O) groups is 1. The zero-order valence-corrected chi connectivity index (χ0v) is 16.3. The molecule has 0 radical (unpaired) electrons. The van der Waals surface area contributed by atoms with E-state index in [1.165, 1.54) is 31.0 Å². The highest BCUT2D eigenvalue weighted by Gasteiger charge is 2.22. The van der Waals surface area contributed by atoms with Crippen molar-refractivity contribution in [3.05, 3.63) is 42.7 Å². The summed E-state index contributed by atoms with van der Waals surface area (Å²) in [6, 6.07) is 12.3. The van der Waals surface area contributed by atoms with Gasteiger partial charge in [0.05, 0.1) is 5.75 Å². The Hall–Kier alpha value is -2.08. The first-order valence-corrected chi connectivity index (χ1v) is 10.2. The predicted molar refractivity (Wildman–Crippen MR) is 108 cm³/mol. The molecule has 3 rings (SSSR count). The molecule has 6 heteroatoms. The molecule has 0 N–H and O–H groups in total. The van der Waals surface area contributed by atoms with Crippen LogP contribution in [0.25, 0.3) is 0 Å². The van der Waals surface area contributed by atoms with Crippen LogP contribution in [0.4, 0.5) is 11.5 Å². The van der Waals surface area contributed by atoms with Crippen LogP contribution in [0.15, 0.2) is 47.8 Å². The highest BCUT2D eigenvalue weighted by atomic mass is 32.2. The van der Waals surface area contributed by atoms with Gasteiger partial charge in [0, 0.05) is 31.4 Å². The second-order valence-corrected chi connectivity index (χ2v) is 7.54. The van der Waals surface area contributed by atoms with Crippen molar-refractivity contribution in [1.82, 2.24) is 9.97 Å². The molecule has 1 aliphatic rings. The van der Waals surface area contributed by atoms with Gasteiger partial charge in [0.25, 0.3) is 0 Å². The summed E-state index contributed by atoms with van der Waals surface area (Å²) >= 11 is 1.47. The van der Waals surface area contributed by atoms with Crippen molar-refractivity contribution in [2.75, 3.05) is 29.1 Å². The van der Waals surface area contributed by atoms with Crippen LogP contribution >= 0.6 is 11.8 Å². The molecule has 1 aromatic carbocycles. The maximum Gasteiger partial charge on any atom is 0.237 e. The average molecular weight is 371 g/mol. The summed E-state index contributed by atoms with van der Waals surface area (Å²) in [5, 5.41) is 0.852. The normalized spacial score (nSPS) is 17.2. The van der Waals surface area contributed by atoms with Crippen LogP contribution in [-0.2, 0) is 4.79 Å². The molecule has 1 fully saturated rings. The van der Waals surface area contributed by atoms with Gasteiger partial charge in [-0.25, -0.2) is 9.97 Å². The molecule has 138 valence electrons. The van der Waals surface area contributed by atoms with Crippen LogP contribution in [0.1, 0.15) is 32.6 Å². The summed E-state index contributed by atoms with van der Waals surface area (Å²) in [5.74, 6) is 1.41. The number of hydrogen-bond donors (Lipinski definition) is 0. The lowest BCUT2D eigenvalue weighted by atomic mass is 10.0. The molecule has 0 saturated carbocycles. The van der Waals surface area contributed by atoms with E-state index in [1.54, 1.807) is 11.2 Å². The molecule has 2 aromatic rings. The van der Waals surface area contributed by atoms with Gasteiger partial charge in [0.1, 0.15) is 17.2 Å². The van der Waals surface area contributed by atoms with E-state index in [0.29, 0.717) is 11.8 Å². The molecule has 5 nitrogen and oxygen atoms in total. The minimum Gasteiger partial charge on any atom is -0.354 e. The molecule has 0 unspecified atom stereocenters. The fourth-order valence-electron chi connectivity index (χ4n) is 3.32. The lowest BCUT2D eigenvalue weighted by Crippen LogP contribution is -2.39. The first kappa shape index (κ1) is 18.7. The molecule has 0 aliphatic carbocycles. The SMILES string of the molecule is CC[C@@H]1CCCCN1c1cc(SCC(=O)N(C)c2ccccc2)ncn1. The largest absolute Gasteiger partial charge is 0.354 e. The average Bonchev–Trinajstić information content (AvgIpc) is 2.72. The van der Waals surface area contributed by atoms with Crippen molar-refractivity contribution in [2.45, 2.75) is 43.7 Å². The van der Waals surface area contributed by atoms with Gasteiger partial charge in [-0.1, -0.05) is 36.9 Å². The molecule has 1 aliphatic heterocycles. The first-order valence-electron chi connectivity index (χ1n) is 9.22. The van der Waals surface area contributed by atoms with Gasteiger partial charge in [0.15, 0.2) is 0 Å². The van der Waals surface area contributed by atoms with Crippen LogP contribution in [0.5, 0.6) is 0 Å². The Balaban J connectivity index is 1.63. The number of hydrogen-bond acceptors (Lipinski definition) is 5. The third-order valence-corrected chi connectivity index (χ3v) is 5.79. The van der Waals surface area contributed by atoms with E-state index in [9.17, 15) is 4.79 Å². The summed E-state index contributed by atoms with van der Waals surface area (Å²) in [6.45, 7) is 3.28. The Morgan fingerprint density at radius 3 is 2.85 bits per heavy atom. The number of anilines is 2. The van der Waals surface area contributed by atoms with E-state index in [4.69, 9.17) is 0 Å². The number of aromatic nitrogens is 2. The lowest BCUT2D eigenvalue weighted by molar-refractivity contribution is -0.115. The molecular formula is C20H26N4OS. The molecular weight excluding hydrogens is 344 g/mol. The van der Waals surface area contributed by atoms with E-state index >= 15 is 0 Å². The van der Waals surface area contributed by atoms with Crippen LogP contribution in [-0.4, -0.2) is 41.3 Å². The van der Waals surface area contributed by atoms with E-state index < -0.39 is 0 Å². The summed E-state index contributed by atoms with van der Waals surface area (Å²) < 4.78 is 0. The number of amides is 1. The van der Waals surface area contributed by atoms with Crippen molar-refractivity contribution >= 4 is 29.2 Å². The molecule has 2 heterocycles. The van der Waals surface area contributed by atoms with Crippen molar-refractivity contribution in [2.24, 2.45) is 0 Å². The van der Waals surface area contributed by atoms with Crippen molar-refractivity contribution < 1.29 is 4.79 Å². The van der Waals surface area contributed by atoms with Gasteiger partial charge in [-0.2, -0.15) is 0 Å². The Bertz CT molecular complexity index is 725. The molecule has 26 heavy (non-hydrogen) atoms. The van der Waals surface area contributed by atoms with Crippen LogP contribution in [0, 0.1) is 0 Å². The Labute approximate surface area is 159 Å². The van der Waals surface area contributed by atoms with Gasteiger partial charge in [0.2, 0.25) is 5.91 Å². The molecule has 1 atom stereocenters. The molecule has 1 amide bonds. The molecule has 1 aromatic heterocycles. The highest BCUT2D eigenvalue weighted by Crippen LogP contribution is 2.27. The highest BCUT2D eigenvalue weighted by molar-refractivity contribution is 7.99. The Morgan fingerprint density at radius 1 is 1.27 bits per heavy atom. The second kappa shape index (κ2) is 9.03. The number of benzene rings is 1. The standard InChI is InChI=1S/C20H26N4OS/c1-3-16-9-7-8-12-24(16)18-13-19(22-15-21-18)26-14-20(25)23(2)17-10-5-4-6-11-17/h4-6,10-11,13,15-16H,3,7-9,12,14H2,1-2H3/t16-/m1/s1. The predicted octanol–water partition coefficient (Wildman–Crippen LogP) is 4.00. The van der Waals surface area contributed by atoms with Crippen LogP contribution < -0.4 is 9.80 Å². The number of thioether (sulfide) groups is 1. The van der Waals surface area contributed by atoms with Crippen molar-refractivity contribution in [1.29, 1.82) is 0 Å². The van der Waals surface area contributed by atoms with Gasteiger partial charge < -0.3 is 9.80 Å². The summed E-state index contributed by atoms with van der Waals surface area (Å²) in [5.41, 5.74) is 0.903. The summed E-state index contributed by atoms with van der Waals surface area (Å²) in [7, 11) is 1.81. The van der Waals surface area contributed by atoms with E-state index in [-0.39, 0.29) is 5.91 Å². The van der Waals surface area contributed by atoms with Crippen LogP contribution in [0.3, 0.4) is 0 Å². The number of carbonyl (C=O) groups excluding carboxylic acids is 1. The summed E-state index contributed by atoms with van der Waals surface area (Å²) in [6.07, 6.45) is 6.48. The molecule has 1 saturated heterocycles. The smallest absolute Gasteiger partial charge is 0.237 e. The maximum atomic E-state index is 12.5. The van der Waals surface area contributed by atoms with Crippen molar-refractivity contribution in [3.63, 3.8) is 0 Å². The first-order chi connectivity index (χ1) is 12.7. The van der Waals surface area contributed by atoms with Crippen molar-refractivity contribution in [3.8, 4) is 0 Å². The zero-order chi connectivity index (χ0) is 18.4. The fraction of sp³-hybridized carbons (Fsp3) is 0.450. The molecule has 0 bridgehead atoms. The van der Waals surface area contributed by atoms with Gasteiger partial charge in [-0.3, -0.25) is 4.79 Å². The third kappa shape index (κ3) is 4.55. The van der Waals surface area contributed by atoms with E-state index in [0.717, 1.165) is 29.5 Å². The Morgan fingerprint density at radius 2 is 2.08 bits per heavy atom. The minimum absolute atomic E-state index is 0.0609. The quantitative estimate of drug-likeness (QED) is 0.568. The van der Waals surface area contributed by atoms with Gasteiger partial charge >= 0.3 is 0 Å². The topological polar surface area (TPSA) is 49.3 Å². The Kier molecular flexibility index (Phi) is 6.50. The lowest BCUT2D eigenvalue weighted by Gasteiger charge is -2.36. The third-order valence-electron chi connectivity index (χ3n) is 4.88. The van der Waals surface area contributed by atoms with Gasteiger partial charge in [-0.05, 0) is 37.8 Å². The maximum absolute atomic E-state index is 12.5. The summed E-state index contributed by atoms with van der Waals surface area (Å²) in [4.78, 5) is 25.4.